The van der Waals surface area contributed by atoms with E-state index in [-0.39, 0.29) is 0 Å². The van der Waals surface area contributed by atoms with Crippen molar-refractivity contribution in [1.29, 1.82) is 0 Å². The fraction of sp³-hybridized carbons (Fsp3) is 0.684. The highest BCUT2D eigenvalue weighted by atomic mass is 14.9. The Labute approximate surface area is 124 Å². The van der Waals surface area contributed by atoms with Crippen molar-refractivity contribution in [1.82, 2.24) is 5.32 Å². The molecule has 1 heteroatoms. The minimum absolute atomic E-state index is 0.609. The standard InChI is InChI=1S/C19H29N/c1-14(2)20-13-18-7-4-8-19(18)17-11-9-16(10-12-17)15-5-3-6-15/h9-12,14-15,18-20H,3-8,13H2,1-2H3. The molecule has 1 aromatic rings. The smallest absolute Gasteiger partial charge is 0.00104 e. The van der Waals surface area contributed by atoms with Crippen LogP contribution in [0.5, 0.6) is 0 Å². The third kappa shape index (κ3) is 3.09. The maximum Gasteiger partial charge on any atom is 0.00104 e. The molecule has 2 unspecified atom stereocenters. The predicted octanol–water partition coefficient (Wildman–Crippen LogP) is 4.84. The molecule has 2 atom stereocenters. The van der Waals surface area contributed by atoms with Crippen molar-refractivity contribution in [2.24, 2.45) is 5.92 Å². The second-order valence-corrected chi connectivity index (χ2v) is 7.15. The number of nitrogens with one attached hydrogen (secondary N) is 1. The van der Waals surface area contributed by atoms with Crippen molar-refractivity contribution >= 4 is 0 Å². The summed E-state index contributed by atoms with van der Waals surface area (Å²) < 4.78 is 0. The number of rotatable bonds is 5. The Morgan fingerprint density at radius 3 is 2.20 bits per heavy atom. The first-order valence-electron chi connectivity index (χ1n) is 8.57. The monoisotopic (exact) mass is 271 g/mol. The van der Waals surface area contributed by atoms with E-state index in [0.717, 1.165) is 17.8 Å². The van der Waals surface area contributed by atoms with E-state index in [9.17, 15) is 0 Å². The molecule has 1 aromatic carbocycles. The van der Waals surface area contributed by atoms with Gasteiger partial charge >= 0.3 is 0 Å². The molecule has 0 amide bonds. The largest absolute Gasteiger partial charge is 0.314 e. The van der Waals surface area contributed by atoms with Gasteiger partial charge in [0, 0.05) is 6.04 Å². The Hall–Kier alpha value is -0.820. The van der Waals surface area contributed by atoms with Gasteiger partial charge in [0.2, 0.25) is 0 Å². The van der Waals surface area contributed by atoms with Crippen LogP contribution in [-0.4, -0.2) is 12.6 Å². The van der Waals surface area contributed by atoms with Crippen molar-refractivity contribution in [3.8, 4) is 0 Å². The average Bonchev–Trinajstić information content (AvgIpc) is 2.83. The molecular formula is C19H29N. The Bertz CT molecular complexity index is 416. The van der Waals surface area contributed by atoms with Crippen molar-refractivity contribution in [3.05, 3.63) is 35.4 Å². The Morgan fingerprint density at radius 2 is 1.60 bits per heavy atom. The molecule has 1 nitrogen and oxygen atoms in total. The SMILES string of the molecule is CC(C)NCC1CCCC1c1ccc(C2CCC2)cc1. The van der Waals surface area contributed by atoms with Crippen LogP contribution in [0.4, 0.5) is 0 Å². The maximum absolute atomic E-state index is 3.64. The molecule has 3 rings (SSSR count). The van der Waals surface area contributed by atoms with Crippen LogP contribution >= 0.6 is 0 Å². The summed E-state index contributed by atoms with van der Waals surface area (Å²) >= 11 is 0. The second-order valence-electron chi connectivity index (χ2n) is 7.15. The van der Waals surface area contributed by atoms with Crippen LogP contribution in [0, 0.1) is 5.92 Å². The fourth-order valence-electron chi connectivity index (χ4n) is 3.86. The Kier molecular flexibility index (Phi) is 4.45. The summed E-state index contributed by atoms with van der Waals surface area (Å²) in [5.41, 5.74) is 3.16. The van der Waals surface area contributed by atoms with E-state index in [1.807, 2.05) is 0 Å². The third-order valence-corrected chi connectivity index (χ3v) is 5.39. The molecular weight excluding hydrogens is 242 g/mol. The van der Waals surface area contributed by atoms with Gasteiger partial charge in [-0.3, -0.25) is 0 Å². The van der Waals surface area contributed by atoms with Crippen LogP contribution in [0.2, 0.25) is 0 Å². The van der Waals surface area contributed by atoms with Crippen LogP contribution in [0.1, 0.15) is 75.3 Å². The summed E-state index contributed by atoms with van der Waals surface area (Å²) in [6.45, 7) is 5.68. The average molecular weight is 271 g/mol. The zero-order valence-electron chi connectivity index (χ0n) is 13.1. The molecule has 0 bridgehead atoms. The Morgan fingerprint density at radius 1 is 0.950 bits per heavy atom. The van der Waals surface area contributed by atoms with Gasteiger partial charge in [-0.05, 0) is 61.1 Å². The van der Waals surface area contributed by atoms with E-state index >= 15 is 0 Å². The predicted molar refractivity (Wildman–Crippen MR) is 86.3 cm³/mol. The highest BCUT2D eigenvalue weighted by Gasteiger charge is 2.28. The molecule has 0 aliphatic heterocycles. The number of benzene rings is 1. The lowest BCUT2D eigenvalue weighted by Gasteiger charge is -2.27. The molecule has 1 N–H and O–H groups in total. The summed E-state index contributed by atoms with van der Waals surface area (Å²) in [5, 5.41) is 3.64. The first kappa shape index (κ1) is 14.1. The third-order valence-electron chi connectivity index (χ3n) is 5.39. The summed E-state index contributed by atoms with van der Waals surface area (Å²) in [6, 6.07) is 10.3. The molecule has 0 aromatic heterocycles. The van der Waals surface area contributed by atoms with E-state index in [2.05, 4.69) is 43.4 Å². The van der Waals surface area contributed by atoms with Gasteiger partial charge in [-0.1, -0.05) is 51.0 Å². The van der Waals surface area contributed by atoms with Gasteiger partial charge in [-0.2, -0.15) is 0 Å². The zero-order chi connectivity index (χ0) is 13.9. The lowest BCUT2D eigenvalue weighted by atomic mass is 9.79. The first-order chi connectivity index (χ1) is 9.74. The van der Waals surface area contributed by atoms with Crippen molar-refractivity contribution in [2.75, 3.05) is 6.54 Å². The van der Waals surface area contributed by atoms with Gasteiger partial charge in [-0.25, -0.2) is 0 Å². The van der Waals surface area contributed by atoms with E-state index < -0.39 is 0 Å². The van der Waals surface area contributed by atoms with Gasteiger partial charge in [0.1, 0.15) is 0 Å². The van der Waals surface area contributed by atoms with Crippen LogP contribution in [0.25, 0.3) is 0 Å². The van der Waals surface area contributed by atoms with Gasteiger partial charge in [0.25, 0.3) is 0 Å². The summed E-state index contributed by atoms with van der Waals surface area (Å²) in [4.78, 5) is 0. The van der Waals surface area contributed by atoms with Gasteiger partial charge in [0.15, 0.2) is 0 Å². The normalized spacial score (nSPS) is 26.9. The van der Waals surface area contributed by atoms with E-state index in [4.69, 9.17) is 0 Å². The second kappa shape index (κ2) is 6.30. The van der Waals surface area contributed by atoms with Crippen LogP contribution in [0.3, 0.4) is 0 Å². The lowest BCUT2D eigenvalue weighted by Crippen LogP contribution is -2.30. The summed E-state index contributed by atoms with van der Waals surface area (Å²) in [6.07, 6.45) is 8.42. The highest BCUT2D eigenvalue weighted by molar-refractivity contribution is 5.29. The van der Waals surface area contributed by atoms with Gasteiger partial charge < -0.3 is 5.32 Å². The molecule has 2 aliphatic carbocycles. The quantitative estimate of drug-likeness (QED) is 0.808. The highest BCUT2D eigenvalue weighted by Crippen LogP contribution is 2.41. The minimum Gasteiger partial charge on any atom is -0.314 e. The molecule has 0 radical (unpaired) electrons. The first-order valence-corrected chi connectivity index (χ1v) is 8.57. The fourth-order valence-corrected chi connectivity index (χ4v) is 3.86. The van der Waals surface area contributed by atoms with Crippen molar-refractivity contribution < 1.29 is 0 Å². The molecule has 2 aliphatic rings. The van der Waals surface area contributed by atoms with E-state index in [0.29, 0.717) is 6.04 Å². The van der Waals surface area contributed by atoms with Crippen LogP contribution < -0.4 is 5.32 Å². The van der Waals surface area contributed by atoms with Crippen LogP contribution in [-0.2, 0) is 0 Å². The maximum atomic E-state index is 3.64. The minimum atomic E-state index is 0.609. The lowest BCUT2D eigenvalue weighted by molar-refractivity contribution is 0.417. The molecule has 0 spiro atoms. The Balaban J connectivity index is 1.64. The molecule has 0 saturated heterocycles. The zero-order valence-corrected chi connectivity index (χ0v) is 13.1. The van der Waals surface area contributed by atoms with Crippen molar-refractivity contribution in [2.45, 2.75) is 70.3 Å². The topological polar surface area (TPSA) is 12.0 Å². The van der Waals surface area contributed by atoms with Crippen LogP contribution in [0.15, 0.2) is 24.3 Å². The van der Waals surface area contributed by atoms with Crippen molar-refractivity contribution in [3.63, 3.8) is 0 Å². The number of hydrogen-bond acceptors (Lipinski definition) is 1. The summed E-state index contributed by atoms with van der Waals surface area (Å²) in [5.74, 6) is 2.50. The molecule has 110 valence electrons. The molecule has 2 fully saturated rings. The van der Waals surface area contributed by atoms with E-state index in [1.54, 1.807) is 11.1 Å². The molecule has 20 heavy (non-hydrogen) atoms. The number of hydrogen-bond donors (Lipinski definition) is 1. The molecule has 0 heterocycles. The van der Waals surface area contributed by atoms with Gasteiger partial charge in [0.05, 0.1) is 0 Å². The molecule has 2 saturated carbocycles. The van der Waals surface area contributed by atoms with E-state index in [1.165, 1.54) is 45.1 Å². The van der Waals surface area contributed by atoms with Gasteiger partial charge in [-0.15, -0.1) is 0 Å². The summed E-state index contributed by atoms with van der Waals surface area (Å²) in [7, 11) is 0.